The van der Waals surface area contributed by atoms with Gasteiger partial charge in [-0.3, -0.25) is 24.0 Å². The largest absolute Gasteiger partial charge is 0.321 e. The summed E-state index contributed by atoms with van der Waals surface area (Å²) in [5.41, 5.74) is 3.22. The molecular formula is C29H26BrN5O3S. The molecule has 4 rings (SSSR count). The highest BCUT2D eigenvalue weighted by molar-refractivity contribution is 9.09. The number of nitrogens with one attached hydrogen (secondary N) is 2. The third-order valence-electron chi connectivity index (χ3n) is 5.51. The van der Waals surface area contributed by atoms with Gasteiger partial charge in [-0.2, -0.15) is 5.10 Å². The zero-order valence-corrected chi connectivity index (χ0v) is 23.8. The maximum atomic E-state index is 13.7. The number of hydrogen-bond donors (Lipinski definition) is 2. The van der Waals surface area contributed by atoms with Gasteiger partial charge in [-0.05, 0) is 61.2 Å². The molecule has 4 aromatic rings. The van der Waals surface area contributed by atoms with Gasteiger partial charge in [0.05, 0.1) is 21.0 Å². The van der Waals surface area contributed by atoms with Crippen molar-refractivity contribution in [2.24, 2.45) is 7.05 Å². The summed E-state index contributed by atoms with van der Waals surface area (Å²) in [6.07, 6.45) is 3.47. The fourth-order valence-electron chi connectivity index (χ4n) is 3.70. The number of halogens is 1. The Morgan fingerprint density at radius 1 is 1.00 bits per heavy atom. The van der Waals surface area contributed by atoms with Crippen LogP contribution in [0, 0.1) is 18.8 Å². The van der Waals surface area contributed by atoms with E-state index >= 15 is 0 Å². The number of hydrogen-bond acceptors (Lipinski definition) is 5. The van der Waals surface area contributed by atoms with Gasteiger partial charge in [0.1, 0.15) is 5.69 Å². The molecule has 2 amide bonds. The number of nitrogens with zero attached hydrogens (tertiary/aromatic N) is 3. The molecule has 10 heteroatoms. The van der Waals surface area contributed by atoms with Crippen LogP contribution in [-0.2, 0) is 16.8 Å². The number of rotatable bonds is 7. The molecule has 198 valence electrons. The minimum Gasteiger partial charge on any atom is -0.321 e. The highest BCUT2D eigenvalue weighted by atomic mass is 79.9. The summed E-state index contributed by atoms with van der Waals surface area (Å²) < 4.78 is 17.9. The summed E-state index contributed by atoms with van der Waals surface area (Å²) in [6.45, 7) is 1.82. The number of benzene rings is 2. The molecule has 2 heterocycles. The van der Waals surface area contributed by atoms with Crippen LogP contribution in [0.4, 0.5) is 5.69 Å². The van der Waals surface area contributed by atoms with Crippen LogP contribution >= 0.6 is 15.9 Å². The lowest BCUT2D eigenvalue weighted by Crippen LogP contribution is -2.32. The number of aromatic nitrogens is 3. The minimum absolute atomic E-state index is 0.241. The van der Waals surface area contributed by atoms with Crippen molar-refractivity contribution in [2.45, 2.75) is 18.2 Å². The Bertz CT molecular complexity index is 1700. The number of amides is 2. The second kappa shape index (κ2) is 12.6. The summed E-state index contributed by atoms with van der Waals surface area (Å²) in [6, 6.07) is 19.3. The first kappa shape index (κ1) is 27.8. The molecule has 8 nitrogen and oxygen atoms in total. The smallest absolute Gasteiger partial charge is 0.273 e. The monoisotopic (exact) mass is 603 g/mol. The van der Waals surface area contributed by atoms with E-state index in [1.165, 1.54) is 10.9 Å². The van der Waals surface area contributed by atoms with E-state index in [0.717, 1.165) is 5.69 Å². The lowest BCUT2D eigenvalue weighted by Gasteiger charge is -2.13. The van der Waals surface area contributed by atoms with Crippen molar-refractivity contribution in [2.75, 3.05) is 10.6 Å². The maximum absolute atomic E-state index is 13.7. The lowest BCUT2D eigenvalue weighted by atomic mass is 10.1. The van der Waals surface area contributed by atoms with Gasteiger partial charge in [-0.15, -0.1) is 0 Å². The Kier molecular flexibility index (Phi) is 8.96. The van der Waals surface area contributed by atoms with Gasteiger partial charge < -0.3 is 5.32 Å². The standard InChI is InChI=1S/C29H26BrN5O3S/c1-21-16-27(35(2)33-21)29(37)32-25-9-6-8-22(18-25)12-13-23-17-24(20-31-19-23)28(36)34-39(38,15-7-14-30)26-10-4-3-5-11-26/h3-6,8-11,15-20H,7,14H2,1-2H3,(H,32,37)(H,34,36,38). The zero-order chi connectivity index (χ0) is 27.8. The van der Waals surface area contributed by atoms with Gasteiger partial charge >= 0.3 is 0 Å². The molecule has 1 atom stereocenters. The third-order valence-corrected chi connectivity index (χ3v) is 8.13. The highest BCUT2D eigenvalue weighted by Crippen LogP contribution is 2.14. The molecular weight excluding hydrogens is 578 g/mol. The van der Waals surface area contributed by atoms with Crippen LogP contribution in [0.1, 0.15) is 44.1 Å². The zero-order valence-electron chi connectivity index (χ0n) is 21.3. The molecule has 2 N–H and O–H groups in total. The van der Waals surface area contributed by atoms with E-state index in [1.807, 2.05) is 19.1 Å². The molecule has 0 aliphatic rings. The Balaban J connectivity index is 1.51. The summed E-state index contributed by atoms with van der Waals surface area (Å²) >= 11 is 3.34. The van der Waals surface area contributed by atoms with Gasteiger partial charge in [0.15, 0.2) is 0 Å². The molecule has 2 aromatic heterocycles. The molecule has 0 saturated heterocycles. The molecule has 0 aliphatic carbocycles. The van der Waals surface area contributed by atoms with Gasteiger partial charge in [0.2, 0.25) is 0 Å². The Morgan fingerprint density at radius 2 is 1.77 bits per heavy atom. The van der Waals surface area contributed by atoms with Crippen LogP contribution in [-0.4, -0.2) is 41.5 Å². The minimum atomic E-state index is -2.94. The Labute approximate surface area is 236 Å². The van der Waals surface area contributed by atoms with Crippen molar-refractivity contribution in [1.29, 1.82) is 0 Å². The van der Waals surface area contributed by atoms with Gasteiger partial charge in [0.25, 0.3) is 11.8 Å². The number of pyridine rings is 1. The van der Waals surface area contributed by atoms with Crippen molar-refractivity contribution in [3.63, 3.8) is 0 Å². The number of alkyl halides is 1. The second-order valence-electron chi connectivity index (χ2n) is 8.53. The number of carbonyl (C=O) groups excluding carboxylic acids is 2. The van der Waals surface area contributed by atoms with Crippen molar-refractivity contribution in [1.82, 2.24) is 19.5 Å². The number of anilines is 1. The van der Waals surface area contributed by atoms with E-state index in [1.54, 1.807) is 73.2 Å². The molecule has 0 spiro atoms. The van der Waals surface area contributed by atoms with Crippen LogP contribution in [0.5, 0.6) is 0 Å². The van der Waals surface area contributed by atoms with E-state index < -0.39 is 15.6 Å². The van der Waals surface area contributed by atoms with Crippen LogP contribution < -0.4 is 10.0 Å². The molecule has 0 radical (unpaired) electrons. The highest BCUT2D eigenvalue weighted by Gasteiger charge is 2.16. The molecule has 0 aliphatic heterocycles. The second-order valence-corrected chi connectivity index (χ2v) is 11.5. The van der Waals surface area contributed by atoms with Crippen LogP contribution in [0.15, 0.2) is 84.0 Å². The quantitative estimate of drug-likeness (QED) is 0.186. The number of aryl methyl sites for hydroxylation is 2. The topological polar surface area (TPSA) is 106 Å². The number of carbonyl (C=O) groups is 2. The fourth-order valence-corrected chi connectivity index (χ4v) is 6.03. The summed E-state index contributed by atoms with van der Waals surface area (Å²) in [5.74, 6) is 5.26. The van der Waals surface area contributed by atoms with E-state index in [9.17, 15) is 13.8 Å². The van der Waals surface area contributed by atoms with Gasteiger partial charge in [-0.25, -0.2) is 4.21 Å². The summed E-state index contributed by atoms with van der Waals surface area (Å²) in [4.78, 5) is 30.3. The first-order valence-corrected chi connectivity index (χ1v) is 14.7. The van der Waals surface area contributed by atoms with Crippen molar-refractivity contribution in [3.8, 4) is 11.8 Å². The first-order chi connectivity index (χ1) is 18.8. The van der Waals surface area contributed by atoms with Gasteiger partial charge in [0, 0.05) is 46.5 Å². The van der Waals surface area contributed by atoms with Crippen molar-refractivity contribution in [3.05, 3.63) is 107 Å². The Morgan fingerprint density at radius 3 is 2.49 bits per heavy atom. The average molecular weight is 605 g/mol. The predicted octanol–water partition coefficient (Wildman–Crippen LogP) is 4.35. The molecule has 1 unspecified atom stereocenters. The maximum Gasteiger partial charge on any atom is 0.273 e. The molecule has 2 aromatic carbocycles. The van der Waals surface area contributed by atoms with Crippen LogP contribution in [0.25, 0.3) is 0 Å². The summed E-state index contributed by atoms with van der Waals surface area (Å²) in [5, 5.41) is 9.30. The normalized spacial score (nSPS) is 12.0. The Hall–Kier alpha value is -4.20. The molecule has 0 fully saturated rings. The fraction of sp³-hybridized carbons (Fsp3) is 0.138. The van der Waals surface area contributed by atoms with Crippen LogP contribution in [0.2, 0.25) is 0 Å². The third kappa shape index (κ3) is 7.22. The molecule has 0 bridgehead atoms. The van der Waals surface area contributed by atoms with E-state index in [2.05, 4.69) is 47.9 Å². The summed E-state index contributed by atoms with van der Waals surface area (Å²) in [7, 11) is -1.22. The van der Waals surface area contributed by atoms with E-state index in [-0.39, 0.29) is 11.5 Å². The lowest BCUT2D eigenvalue weighted by molar-refractivity contribution is 0.0980. The average Bonchev–Trinajstić information content (AvgIpc) is 3.29. The van der Waals surface area contributed by atoms with Crippen molar-refractivity contribution >= 4 is 48.5 Å². The first-order valence-electron chi connectivity index (χ1n) is 12.0. The predicted molar refractivity (Wildman–Crippen MR) is 157 cm³/mol. The van der Waals surface area contributed by atoms with E-state index in [4.69, 9.17) is 0 Å². The SMILES string of the molecule is Cc1cc(C(=O)Nc2cccc(C#Cc3cncc(C(=O)NS(=O)(=CCCBr)c4ccccc4)c3)c2)n(C)n1. The van der Waals surface area contributed by atoms with E-state index in [0.29, 0.717) is 39.2 Å². The van der Waals surface area contributed by atoms with Gasteiger partial charge in [-0.1, -0.05) is 52.0 Å². The van der Waals surface area contributed by atoms with Crippen molar-refractivity contribution < 1.29 is 13.8 Å². The molecule has 39 heavy (non-hydrogen) atoms. The van der Waals surface area contributed by atoms with Crippen LogP contribution in [0.3, 0.4) is 0 Å². The molecule has 0 saturated carbocycles.